The number of hydrogen-bond donors (Lipinski definition) is 1. The van der Waals surface area contributed by atoms with Crippen molar-refractivity contribution in [3.63, 3.8) is 0 Å². The molecule has 0 aromatic carbocycles. The van der Waals surface area contributed by atoms with Crippen molar-refractivity contribution in [2.24, 2.45) is 0 Å². The monoisotopic (exact) mass is 327 g/mol. The van der Waals surface area contributed by atoms with Crippen LogP contribution in [0.3, 0.4) is 0 Å². The van der Waals surface area contributed by atoms with Crippen LogP contribution >= 0.6 is 11.6 Å². The molecule has 1 N–H and O–H groups in total. The SMILES string of the molecule is CCCCn1nc(C)c(/C=C/C(=O)NCCCOCC)c1Cl. The Bertz CT molecular complexity index is 498. The Morgan fingerprint density at radius 3 is 2.86 bits per heavy atom. The van der Waals surface area contributed by atoms with Crippen LogP contribution in [0, 0.1) is 6.92 Å². The second kappa shape index (κ2) is 10.4. The molecule has 22 heavy (non-hydrogen) atoms. The summed E-state index contributed by atoms with van der Waals surface area (Å²) in [4.78, 5) is 11.7. The maximum atomic E-state index is 11.7. The summed E-state index contributed by atoms with van der Waals surface area (Å²) in [5.74, 6) is -0.131. The molecule has 0 spiro atoms. The first-order valence-corrected chi connectivity index (χ1v) is 8.24. The number of unbranched alkanes of at least 4 members (excludes halogenated alkanes) is 1. The normalized spacial score (nSPS) is 11.3. The number of hydrogen-bond acceptors (Lipinski definition) is 3. The van der Waals surface area contributed by atoms with E-state index in [1.54, 1.807) is 10.8 Å². The Hall–Kier alpha value is -1.33. The molecule has 5 nitrogen and oxygen atoms in total. The Balaban J connectivity index is 2.51. The highest BCUT2D eigenvalue weighted by Crippen LogP contribution is 2.21. The third kappa shape index (κ3) is 6.20. The van der Waals surface area contributed by atoms with Gasteiger partial charge in [0, 0.05) is 37.9 Å². The van der Waals surface area contributed by atoms with Gasteiger partial charge in [-0.2, -0.15) is 5.10 Å². The van der Waals surface area contributed by atoms with E-state index in [1.807, 2.05) is 13.8 Å². The van der Waals surface area contributed by atoms with Gasteiger partial charge < -0.3 is 10.1 Å². The molecule has 0 aliphatic heterocycles. The van der Waals surface area contributed by atoms with Crippen LogP contribution < -0.4 is 5.32 Å². The van der Waals surface area contributed by atoms with Crippen LogP contribution in [0.25, 0.3) is 6.08 Å². The molecule has 0 saturated carbocycles. The minimum Gasteiger partial charge on any atom is -0.382 e. The smallest absolute Gasteiger partial charge is 0.244 e. The zero-order chi connectivity index (χ0) is 16.4. The molecule has 1 amide bonds. The van der Waals surface area contributed by atoms with Gasteiger partial charge in [0.1, 0.15) is 5.15 Å². The molecule has 0 aliphatic carbocycles. The number of nitrogens with zero attached hydrogens (tertiary/aromatic N) is 2. The summed E-state index contributed by atoms with van der Waals surface area (Å²) in [5.41, 5.74) is 1.64. The molecule has 0 fully saturated rings. The summed E-state index contributed by atoms with van der Waals surface area (Å²) >= 11 is 6.31. The van der Waals surface area contributed by atoms with E-state index in [0.29, 0.717) is 24.9 Å². The van der Waals surface area contributed by atoms with E-state index in [9.17, 15) is 4.79 Å². The van der Waals surface area contributed by atoms with Gasteiger partial charge in [-0.05, 0) is 32.8 Å². The number of carbonyl (C=O) groups excluding carboxylic acids is 1. The Morgan fingerprint density at radius 2 is 2.18 bits per heavy atom. The van der Waals surface area contributed by atoms with E-state index < -0.39 is 0 Å². The second-order valence-electron chi connectivity index (χ2n) is 5.04. The second-order valence-corrected chi connectivity index (χ2v) is 5.40. The lowest BCUT2D eigenvalue weighted by molar-refractivity contribution is -0.116. The van der Waals surface area contributed by atoms with Gasteiger partial charge in [-0.3, -0.25) is 9.48 Å². The molecular formula is C16H26ClN3O2. The van der Waals surface area contributed by atoms with Crippen LogP contribution in [0.15, 0.2) is 6.08 Å². The number of rotatable bonds is 10. The summed E-state index contributed by atoms with van der Waals surface area (Å²) < 4.78 is 7.00. The summed E-state index contributed by atoms with van der Waals surface area (Å²) in [6.07, 6.45) is 6.16. The molecule has 0 unspecified atom stereocenters. The quantitative estimate of drug-likeness (QED) is 0.530. The fourth-order valence-corrected chi connectivity index (χ4v) is 2.28. The number of carbonyl (C=O) groups is 1. The van der Waals surface area contributed by atoms with Gasteiger partial charge in [0.25, 0.3) is 0 Å². The average molecular weight is 328 g/mol. The lowest BCUT2D eigenvalue weighted by Crippen LogP contribution is -2.23. The highest BCUT2D eigenvalue weighted by atomic mass is 35.5. The lowest BCUT2D eigenvalue weighted by atomic mass is 10.2. The van der Waals surface area contributed by atoms with Crippen molar-refractivity contribution in [3.05, 3.63) is 22.5 Å². The topological polar surface area (TPSA) is 56.2 Å². The van der Waals surface area contributed by atoms with Gasteiger partial charge >= 0.3 is 0 Å². The van der Waals surface area contributed by atoms with E-state index in [-0.39, 0.29) is 5.91 Å². The summed E-state index contributed by atoms with van der Waals surface area (Å²) in [6.45, 7) is 8.74. The number of ether oxygens (including phenoxy) is 1. The van der Waals surface area contributed by atoms with E-state index in [1.165, 1.54) is 6.08 Å². The number of amides is 1. The number of nitrogens with one attached hydrogen (secondary N) is 1. The largest absolute Gasteiger partial charge is 0.382 e. The third-order valence-corrected chi connectivity index (χ3v) is 3.60. The molecule has 6 heteroatoms. The zero-order valence-corrected chi connectivity index (χ0v) is 14.4. The molecule has 1 aromatic heterocycles. The Kier molecular flexibility index (Phi) is 8.85. The molecule has 1 rings (SSSR count). The van der Waals surface area contributed by atoms with Gasteiger partial charge in [-0.1, -0.05) is 24.9 Å². The van der Waals surface area contributed by atoms with E-state index >= 15 is 0 Å². The van der Waals surface area contributed by atoms with Crippen molar-refractivity contribution in [1.29, 1.82) is 0 Å². The van der Waals surface area contributed by atoms with E-state index in [2.05, 4.69) is 17.3 Å². The number of halogens is 1. The van der Waals surface area contributed by atoms with Crippen LogP contribution in [-0.2, 0) is 16.1 Å². The van der Waals surface area contributed by atoms with Gasteiger partial charge in [-0.25, -0.2) is 0 Å². The van der Waals surface area contributed by atoms with Gasteiger partial charge in [0.15, 0.2) is 0 Å². The number of aromatic nitrogens is 2. The predicted octanol–water partition coefficient (Wildman–Crippen LogP) is 3.20. The van der Waals surface area contributed by atoms with E-state index in [0.717, 1.165) is 37.1 Å². The third-order valence-electron chi connectivity index (χ3n) is 3.20. The maximum Gasteiger partial charge on any atom is 0.244 e. The number of aryl methyl sites for hydroxylation is 2. The molecule has 124 valence electrons. The highest BCUT2D eigenvalue weighted by molar-refractivity contribution is 6.31. The van der Waals surface area contributed by atoms with Gasteiger partial charge in [0.05, 0.1) is 5.69 Å². The summed E-state index contributed by atoms with van der Waals surface area (Å²) in [5, 5.41) is 7.81. The Morgan fingerprint density at radius 1 is 1.41 bits per heavy atom. The first kappa shape index (κ1) is 18.7. The fourth-order valence-electron chi connectivity index (χ4n) is 1.96. The van der Waals surface area contributed by atoms with E-state index in [4.69, 9.17) is 16.3 Å². The first-order chi connectivity index (χ1) is 10.6. The van der Waals surface area contributed by atoms with Crippen LogP contribution in [0.1, 0.15) is 44.4 Å². The fraction of sp³-hybridized carbons (Fsp3) is 0.625. The van der Waals surface area contributed by atoms with Gasteiger partial charge in [0.2, 0.25) is 5.91 Å². The minimum atomic E-state index is -0.131. The molecule has 0 aliphatic rings. The van der Waals surface area contributed by atoms with Crippen molar-refractivity contribution in [2.75, 3.05) is 19.8 Å². The van der Waals surface area contributed by atoms with Gasteiger partial charge in [-0.15, -0.1) is 0 Å². The molecular weight excluding hydrogens is 302 g/mol. The van der Waals surface area contributed by atoms with Crippen LogP contribution in [0.5, 0.6) is 0 Å². The minimum absolute atomic E-state index is 0.131. The summed E-state index contributed by atoms with van der Waals surface area (Å²) in [6, 6.07) is 0. The molecule has 0 saturated heterocycles. The van der Waals surface area contributed by atoms with Crippen molar-refractivity contribution in [2.45, 2.75) is 46.6 Å². The van der Waals surface area contributed by atoms with Crippen LogP contribution in [0.4, 0.5) is 0 Å². The molecule has 0 bridgehead atoms. The lowest BCUT2D eigenvalue weighted by Gasteiger charge is -2.02. The summed E-state index contributed by atoms with van der Waals surface area (Å²) in [7, 11) is 0. The molecule has 1 heterocycles. The zero-order valence-electron chi connectivity index (χ0n) is 13.7. The maximum absolute atomic E-state index is 11.7. The van der Waals surface area contributed by atoms with Crippen molar-refractivity contribution in [1.82, 2.24) is 15.1 Å². The predicted molar refractivity (Wildman–Crippen MR) is 90.0 cm³/mol. The highest BCUT2D eigenvalue weighted by Gasteiger charge is 2.10. The first-order valence-electron chi connectivity index (χ1n) is 7.86. The average Bonchev–Trinajstić information content (AvgIpc) is 2.77. The van der Waals surface area contributed by atoms with Crippen molar-refractivity contribution < 1.29 is 9.53 Å². The standard InChI is InChI=1S/C16H26ClN3O2/c1-4-6-11-20-16(17)14(13(3)19-20)8-9-15(21)18-10-7-12-22-5-2/h8-9H,4-7,10-12H2,1-3H3,(H,18,21)/b9-8+. The van der Waals surface area contributed by atoms with Crippen molar-refractivity contribution >= 4 is 23.6 Å². The molecule has 1 aromatic rings. The van der Waals surface area contributed by atoms with Crippen LogP contribution in [-0.4, -0.2) is 35.4 Å². The van der Waals surface area contributed by atoms with Crippen molar-refractivity contribution in [3.8, 4) is 0 Å². The Labute approximate surface area is 137 Å². The molecule has 0 radical (unpaired) electrons. The van der Waals surface area contributed by atoms with Crippen LogP contribution in [0.2, 0.25) is 5.15 Å². The molecule has 0 atom stereocenters.